The van der Waals surface area contributed by atoms with Crippen molar-refractivity contribution in [2.75, 3.05) is 6.54 Å². The van der Waals surface area contributed by atoms with Crippen molar-refractivity contribution in [3.63, 3.8) is 0 Å². The minimum atomic E-state index is -0.634. The van der Waals surface area contributed by atoms with Gasteiger partial charge in [0.15, 0.2) is 0 Å². The molecule has 3 rings (SSSR count). The van der Waals surface area contributed by atoms with E-state index in [9.17, 15) is 4.79 Å². The number of nitrogens with zero attached hydrogens (tertiary/aromatic N) is 2. The van der Waals surface area contributed by atoms with Gasteiger partial charge in [-0.05, 0) is 37.1 Å². The number of nitriles is 1. The molecule has 5 N–H and O–H groups in total. The van der Waals surface area contributed by atoms with Crippen molar-refractivity contribution >= 4 is 17.5 Å². The Balaban J connectivity index is 0.000000369. The summed E-state index contributed by atoms with van der Waals surface area (Å²) in [6, 6.07) is 8.69. The lowest BCUT2D eigenvalue weighted by Crippen LogP contribution is -2.39. The second kappa shape index (κ2) is 10.2. The van der Waals surface area contributed by atoms with E-state index >= 15 is 0 Å². The number of hydrogen-bond donors (Lipinski definition) is 3. The molecule has 0 spiro atoms. The van der Waals surface area contributed by atoms with Crippen LogP contribution in [-0.2, 0) is 0 Å². The van der Waals surface area contributed by atoms with Gasteiger partial charge < -0.3 is 11.1 Å². The number of nitrogens with one attached hydrogen (secondary N) is 1. The summed E-state index contributed by atoms with van der Waals surface area (Å²) >= 11 is 5.76. The van der Waals surface area contributed by atoms with Crippen LogP contribution >= 0.6 is 11.6 Å². The molecule has 1 amide bonds. The number of nitrogens with two attached hydrogens (primary N) is 2. The Bertz CT molecular complexity index is 676. The van der Waals surface area contributed by atoms with Gasteiger partial charge in [-0.2, -0.15) is 5.26 Å². The van der Waals surface area contributed by atoms with Gasteiger partial charge in [0, 0.05) is 22.5 Å². The van der Waals surface area contributed by atoms with Gasteiger partial charge in [0.2, 0.25) is 0 Å². The second-order valence-corrected chi connectivity index (χ2v) is 7.50. The van der Waals surface area contributed by atoms with Crippen LogP contribution in [0.25, 0.3) is 0 Å². The Morgan fingerprint density at radius 1 is 1.19 bits per heavy atom. The fourth-order valence-corrected chi connectivity index (χ4v) is 2.97. The number of hydrazine groups is 1. The molecule has 0 bridgehead atoms. The molecule has 1 aromatic rings. The number of halogens is 1. The third-order valence-corrected chi connectivity index (χ3v) is 5.04. The molecule has 0 atom stereocenters. The molecule has 0 aliphatic heterocycles. The van der Waals surface area contributed by atoms with Crippen molar-refractivity contribution in [3.05, 3.63) is 46.7 Å². The standard InChI is InChI=1S/C14H16ClN5O.C6H12/c15-11-3-1-10(2-4-11)13(21)19-7-12(17)8-20(18)14(9-16)5-6-14;1-2-4-6-5-3-1/h1-4,8H,5-7,17-18H2,(H,19,21);1-6H2/b12-8-;. The predicted octanol–water partition coefficient (Wildman–Crippen LogP) is 3.44. The third kappa shape index (κ3) is 6.78. The molecular weight excluding hydrogens is 362 g/mol. The molecule has 0 heterocycles. The molecule has 27 heavy (non-hydrogen) atoms. The zero-order valence-electron chi connectivity index (χ0n) is 15.6. The maximum atomic E-state index is 11.9. The first-order valence-electron chi connectivity index (χ1n) is 9.42. The van der Waals surface area contributed by atoms with Gasteiger partial charge in [0.25, 0.3) is 5.91 Å². The SMILES string of the molecule is C1CCCCC1.N#CC1(N(N)/C=C(\N)CNC(=O)c2ccc(Cl)cc2)CC1. The predicted molar refractivity (Wildman–Crippen MR) is 107 cm³/mol. The highest BCUT2D eigenvalue weighted by Crippen LogP contribution is 2.39. The fourth-order valence-electron chi connectivity index (χ4n) is 2.84. The molecule has 7 heteroatoms. The molecule has 0 radical (unpaired) electrons. The van der Waals surface area contributed by atoms with E-state index in [2.05, 4.69) is 11.4 Å². The maximum absolute atomic E-state index is 11.9. The Hall–Kier alpha value is -2.23. The van der Waals surface area contributed by atoms with Gasteiger partial charge in [0.05, 0.1) is 12.6 Å². The molecule has 6 nitrogen and oxygen atoms in total. The first-order chi connectivity index (χ1) is 13.0. The molecule has 146 valence electrons. The van der Waals surface area contributed by atoms with Crippen LogP contribution in [0.4, 0.5) is 0 Å². The fraction of sp³-hybridized carbons (Fsp3) is 0.500. The maximum Gasteiger partial charge on any atom is 0.251 e. The van der Waals surface area contributed by atoms with E-state index in [4.69, 9.17) is 28.4 Å². The molecule has 2 aliphatic carbocycles. The van der Waals surface area contributed by atoms with Crippen molar-refractivity contribution in [2.45, 2.75) is 56.9 Å². The van der Waals surface area contributed by atoms with E-state index in [1.54, 1.807) is 24.3 Å². The van der Waals surface area contributed by atoms with Crippen LogP contribution in [0.5, 0.6) is 0 Å². The summed E-state index contributed by atoms with van der Waals surface area (Å²) in [5.41, 5.74) is 6.03. The van der Waals surface area contributed by atoms with Crippen LogP contribution in [0.3, 0.4) is 0 Å². The average molecular weight is 390 g/mol. The van der Waals surface area contributed by atoms with Crippen molar-refractivity contribution in [1.29, 1.82) is 5.26 Å². The van der Waals surface area contributed by atoms with E-state index in [0.717, 1.165) is 12.8 Å². The van der Waals surface area contributed by atoms with Gasteiger partial charge in [0.1, 0.15) is 5.54 Å². The molecule has 2 aliphatic rings. The number of carbonyl (C=O) groups excluding carboxylic acids is 1. The number of amides is 1. The first-order valence-corrected chi connectivity index (χ1v) is 9.80. The van der Waals surface area contributed by atoms with E-state index < -0.39 is 5.54 Å². The second-order valence-electron chi connectivity index (χ2n) is 7.07. The normalized spacial score (nSPS) is 17.7. The quantitative estimate of drug-likeness (QED) is 0.528. The molecule has 0 unspecified atom stereocenters. The topological polar surface area (TPSA) is 108 Å². The van der Waals surface area contributed by atoms with Crippen LogP contribution in [0.15, 0.2) is 36.2 Å². The molecule has 1 aromatic carbocycles. The number of rotatable bonds is 5. The zero-order chi connectivity index (χ0) is 19.7. The smallest absolute Gasteiger partial charge is 0.251 e. The van der Waals surface area contributed by atoms with Crippen LogP contribution in [-0.4, -0.2) is 23.0 Å². The van der Waals surface area contributed by atoms with Crippen LogP contribution in [0, 0.1) is 11.3 Å². The summed E-state index contributed by atoms with van der Waals surface area (Å²) in [7, 11) is 0. The van der Waals surface area contributed by atoms with E-state index in [0.29, 0.717) is 16.3 Å². The van der Waals surface area contributed by atoms with Gasteiger partial charge in [-0.25, -0.2) is 5.84 Å². The van der Waals surface area contributed by atoms with Crippen LogP contribution in [0.2, 0.25) is 5.02 Å². The van der Waals surface area contributed by atoms with Gasteiger partial charge in [-0.1, -0.05) is 50.1 Å². The Morgan fingerprint density at radius 3 is 2.15 bits per heavy atom. The largest absolute Gasteiger partial charge is 0.399 e. The van der Waals surface area contributed by atoms with Gasteiger partial charge in [-0.3, -0.25) is 9.80 Å². The van der Waals surface area contributed by atoms with E-state index in [1.165, 1.54) is 49.7 Å². The Morgan fingerprint density at radius 2 is 1.70 bits per heavy atom. The summed E-state index contributed by atoms with van der Waals surface area (Å²) in [6.07, 6.45) is 11.9. The monoisotopic (exact) mass is 389 g/mol. The van der Waals surface area contributed by atoms with E-state index in [1.807, 2.05) is 0 Å². The molecule has 0 saturated heterocycles. The van der Waals surface area contributed by atoms with Gasteiger partial charge >= 0.3 is 0 Å². The highest BCUT2D eigenvalue weighted by Gasteiger charge is 2.47. The zero-order valence-corrected chi connectivity index (χ0v) is 16.3. The van der Waals surface area contributed by atoms with Crippen molar-refractivity contribution < 1.29 is 4.79 Å². The lowest BCUT2D eigenvalue weighted by molar-refractivity contribution is 0.0956. The number of hydrogen-bond acceptors (Lipinski definition) is 5. The molecule has 2 fully saturated rings. The minimum Gasteiger partial charge on any atom is -0.399 e. The first kappa shape index (κ1) is 21.1. The summed E-state index contributed by atoms with van der Waals surface area (Å²) in [5.74, 6) is 5.53. The van der Waals surface area contributed by atoms with E-state index in [-0.39, 0.29) is 12.5 Å². The minimum absolute atomic E-state index is 0.149. The summed E-state index contributed by atoms with van der Waals surface area (Å²) in [6.45, 7) is 0.149. The lowest BCUT2D eigenvalue weighted by Gasteiger charge is -2.20. The molecule has 2 saturated carbocycles. The summed E-state index contributed by atoms with van der Waals surface area (Å²) in [5, 5.41) is 13.6. The van der Waals surface area contributed by atoms with Crippen LogP contribution in [0.1, 0.15) is 61.7 Å². The Labute approximate surface area is 166 Å². The van der Waals surface area contributed by atoms with Crippen molar-refractivity contribution in [2.24, 2.45) is 11.6 Å². The highest BCUT2D eigenvalue weighted by atomic mass is 35.5. The summed E-state index contributed by atoms with van der Waals surface area (Å²) in [4.78, 5) is 11.9. The highest BCUT2D eigenvalue weighted by molar-refractivity contribution is 6.30. The molecule has 0 aromatic heterocycles. The lowest BCUT2D eigenvalue weighted by atomic mass is 10.0. The molecular formula is C20H28ClN5O. The summed E-state index contributed by atoms with van der Waals surface area (Å²) < 4.78 is 0. The average Bonchev–Trinajstić information content (AvgIpc) is 3.50. The van der Waals surface area contributed by atoms with Gasteiger partial charge in [-0.15, -0.1) is 0 Å². The third-order valence-electron chi connectivity index (χ3n) is 4.79. The van der Waals surface area contributed by atoms with Crippen LogP contribution < -0.4 is 16.9 Å². The number of benzene rings is 1. The Kier molecular flexibility index (Phi) is 7.96. The van der Waals surface area contributed by atoms with Crippen molar-refractivity contribution in [3.8, 4) is 6.07 Å². The number of carbonyl (C=O) groups is 1. The van der Waals surface area contributed by atoms with Crippen molar-refractivity contribution in [1.82, 2.24) is 10.3 Å².